The first kappa shape index (κ1) is 18.7. The number of anilines is 1. The lowest BCUT2D eigenvalue weighted by Gasteiger charge is -2.38. The van der Waals surface area contributed by atoms with Gasteiger partial charge in [0, 0.05) is 43.9 Å². The van der Waals surface area contributed by atoms with Crippen LogP contribution in [0.4, 0.5) is 5.69 Å². The van der Waals surface area contributed by atoms with Gasteiger partial charge in [-0.1, -0.05) is 44.0 Å². The maximum Gasteiger partial charge on any atom is 0.146 e. The molecule has 1 aromatic rings. The van der Waals surface area contributed by atoms with E-state index in [0.717, 1.165) is 26.2 Å². The average Bonchev–Trinajstić information content (AvgIpc) is 3.17. The zero-order valence-electron chi connectivity index (χ0n) is 16.9. The lowest BCUT2D eigenvalue weighted by atomic mass is 9.72. The Morgan fingerprint density at radius 3 is 2.44 bits per heavy atom. The van der Waals surface area contributed by atoms with Crippen molar-refractivity contribution < 1.29 is 4.79 Å². The number of piperazine rings is 1. The van der Waals surface area contributed by atoms with Crippen LogP contribution in [0.5, 0.6) is 0 Å². The number of hydrogen-bond acceptors (Lipinski definition) is 3. The summed E-state index contributed by atoms with van der Waals surface area (Å²) in [6, 6.07) is 8.98. The third kappa shape index (κ3) is 4.13. The molecule has 0 atom stereocenters. The molecule has 1 heterocycles. The van der Waals surface area contributed by atoms with Crippen LogP contribution in [0.1, 0.15) is 63.9 Å². The Bertz CT molecular complexity index is 694. The first-order valence-electron chi connectivity index (χ1n) is 11.0. The molecule has 2 aliphatic carbocycles. The van der Waals surface area contributed by atoms with Crippen molar-refractivity contribution in [3.05, 3.63) is 35.9 Å². The van der Waals surface area contributed by atoms with Crippen LogP contribution in [0.2, 0.25) is 0 Å². The predicted octanol–water partition coefficient (Wildman–Crippen LogP) is 4.92. The molecule has 146 valence electrons. The van der Waals surface area contributed by atoms with Gasteiger partial charge in [0.1, 0.15) is 5.78 Å². The van der Waals surface area contributed by atoms with E-state index in [1.807, 2.05) is 6.92 Å². The number of para-hydroxylation sites is 1. The lowest BCUT2D eigenvalue weighted by molar-refractivity contribution is -0.119. The molecule has 0 unspecified atom stereocenters. The lowest BCUT2D eigenvalue weighted by Crippen LogP contribution is -2.48. The van der Waals surface area contributed by atoms with Crippen LogP contribution >= 0.6 is 0 Å². The molecule has 3 nitrogen and oxygen atoms in total. The third-order valence-corrected chi connectivity index (χ3v) is 7.13. The summed E-state index contributed by atoms with van der Waals surface area (Å²) in [5.41, 5.74) is 5.04. The van der Waals surface area contributed by atoms with Crippen LogP contribution < -0.4 is 4.90 Å². The second kappa shape index (κ2) is 8.18. The maximum absolute atomic E-state index is 11.7. The average molecular weight is 367 g/mol. The van der Waals surface area contributed by atoms with Gasteiger partial charge in [0.05, 0.1) is 6.54 Å². The molecule has 3 heteroatoms. The molecule has 1 saturated heterocycles. The molecule has 0 amide bonds. The largest absolute Gasteiger partial charge is 0.368 e. The molecule has 4 rings (SSSR count). The van der Waals surface area contributed by atoms with E-state index in [1.165, 1.54) is 56.2 Å². The molecule has 0 N–H and O–H groups in total. The van der Waals surface area contributed by atoms with E-state index in [4.69, 9.17) is 0 Å². The number of rotatable bonds is 5. The van der Waals surface area contributed by atoms with Crippen LogP contribution in [0, 0.1) is 5.41 Å². The topological polar surface area (TPSA) is 23.6 Å². The van der Waals surface area contributed by atoms with Crippen LogP contribution in [0.25, 0.3) is 5.57 Å². The number of ketones is 1. The van der Waals surface area contributed by atoms with Crippen molar-refractivity contribution in [3.63, 3.8) is 0 Å². The van der Waals surface area contributed by atoms with Crippen molar-refractivity contribution >= 4 is 17.0 Å². The Morgan fingerprint density at radius 2 is 1.78 bits per heavy atom. The summed E-state index contributed by atoms with van der Waals surface area (Å²) in [5.74, 6) is 0.358. The fourth-order valence-corrected chi connectivity index (χ4v) is 5.30. The number of carbonyl (C=O) groups is 1. The molecule has 2 fully saturated rings. The fourth-order valence-electron chi connectivity index (χ4n) is 5.30. The Morgan fingerprint density at radius 1 is 1.04 bits per heavy atom. The summed E-state index contributed by atoms with van der Waals surface area (Å²) in [4.78, 5) is 16.6. The van der Waals surface area contributed by atoms with Crippen LogP contribution in [0.15, 0.2) is 30.3 Å². The predicted molar refractivity (Wildman–Crippen MR) is 113 cm³/mol. The van der Waals surface area contributed by atoms with Crippen LogP contribution in [-0.2, 0) is 4.79 Å². The number of benzene rings is 1. The van der Waals surface area contributed by atoms with Crippen molar-refractivity contribution in [1.29, 1.82) is 0 Å². The van der Waals surface area contributed by atoms with Crippen molar-refractivity contribution in [3.8, 4) is 0 Å². The molecule has 1 saturated carbocycles. The quantitative estimate of drug-likeness (QED) is 0.739. The molecule has 3 aliphatic rings. The van der Waals surface area contributed by atoms with Crippen molar-refractivity contribution in [1.82, 2.24) is 4.90 Å². The summed E-state index contributed by atoms with van der Waals surface area (Å²) in [7, 11) is 0. The normalized spacial score (nSPS) is 22.9. The van der Waals surface area contributed by atoms with Crippen molar-refractivity contribution in [2.75, 3.05) is 37.6 Å². The van der Waals surface area contributed by atoms with E-state index in [-0.39, 0.29) is 0 Å². The summed E-state index contributed by atoms with van der Waals surface area (Å²) in [6.45, 7) is 6.60. The molecule has 27 heavy (non-hydrogen) atoms. The highest BCUT2D eigenvalue weighted by Crippen LogP contribution is 2.50. The second-order valence-electron chi connectivity index (χ2n) is 8.81. The number of hydrogen-bond donors (Lipinski definition) is 0. The third-order valence-electron chi connectivity index (χ3n) is 7.13. The minimum absolute atomic E-state index is 0.358. The number of allylic oxidation sites excluding steroid dienone is 2. The standard InChI is InChI=1S/C24H34N2O/c1-2-21(27)19-25-15-17-26(18-16-25)23-8-4-3-7-22(23)20-9-13-24(14-10-20)11-5-6-12-24/h3-4,7-9H,2,5-6,10-19H2,1H3. The molecular weight excluding hydrogens is 332 g/mol. The summed E-state index contributed by atoms with van der Waals surface area (Å²) >= 11 is 0. The summed E-state index contributed by atoms with van der Waals surface area (Å²) < 4.78 is 0. The van der Waals surface area contributed by atoms with Gasteiger partial charge in [0.2, 0.25) is 0 Å². The van der Waals surface area contributed by atoms with Crippen molar-refractivity contribution in [2.45, 2.75) is 58.3 Å². The number of carbonyl (C=O) groups excluding carboxylic acids is 1. The fraction of sp³-hybridized carbons (Fsp3) is 0.625. The number of Topliss-reactive ketones (excluding diaryl/α,β-unsaturated/α-hetero) is 1. The minimum Gasteiger partial charge on any atom is -0.368 e. The first-order valence-corrected chi connectivity index (χ1v) is 11.0. The molecule has 1 aliphatic heterocycles. The van der Waals surface area contributed by atoms with Gasteiger partial charge in [-0.15, -0.1) is 0 Å². The van der Waals surface area contributed by atoms with Crippen molar-refractivity contribution in [2.24, 2.45) is 5.41 Å². The van der Waals surface area contributed by atoms with E-state index in [2.05, 4.69) is 40.1 Å². The van der Waals surface area contributed by atoms with Gasteiger partial charge in [-0.2, -0.15) is 0 Å². The Kier molecular flexibility index (Phi) is 5.68. The summed E-state index contributed by atoms with van der Waals surface area (Å²) in [5, 5.41) is 0. The van der Waals surface area contributed by atoms with Gasteiger partial charge < -0.3 is 4.90 Å². The second-order valence-corrected chi connectivity index (χ2v) is 8.81. The molecule has 1 spiro atoms. The van der Waals surface area contributed by atoms with Gasteiger partial charge in [0.25, 0.3) is 0 Å². The SMILES string of the molecule is CCC(=O)CN1CCN(c2ccccc2C2=CCC3(CCCC3)CC2)CC1. The van der Waals surface area contributed by atoms with E-state index in [0.29, 0.717) is 24.2 Å². The van der Waals surface area contributed by atoms with E-state index >= 15 is 0 Å². The van der Waals surface area contributed by atoms with Gasteiger partial charge in [0.15, 0.2) is 0 Å². The van der Waals surface area contributed by atoms with Crippen LogP contribution in [-0.4, -0.2) is 43.4 Å². The highest BCUT2D eigenvalue weighted by atomic mass is 16.1. The van der Waals surface area contributed by atoms with E-state index < -0.39 is 0 Å². The molecule has 0 bridgehead atoms. The van der Waals surface area contributed by atoms with Crippen LogP contribution in [0.3, 0.4) is 0 Å². The molecule has 1 aromatic carbocycles. The summed E-state index contributed by atoms with van der Waals surface area (Å²) in [6.07, 6.45) is 12.9. The Balaban J connectivity index is 1.45. The minimum atomic E-state index is 0.358. The molecule has 0 aromatic heterocycles. The van der Waals surface area contributed by atoms with Gasteiger partial charge in [-0.25, -0.2) is 0 Å². The maximum atomic E-state index is 11.7. The van der Waals surface area contributed by atoms with Gasteiger partial charge >= 0.3 is 0 Å². The Hall–Kier alpha value is -1.61. The van der Waals surface area contributed by atoms with E-state index in [1.54, 1.807) is 5.57 Å². The van der Waals surface area contributed by atoms with Gasteiger partial charge in [-0.3, -0.25) is 9.69 Å². The first-order chi connectivity index (χ1) is 13.2. The zero-order chi connectivity index (χ0) is 18.7. The molecule has 0 radical (unpaired) electrons. The monoisotopic (exact) mass is 366 g/mol. The van der Waals surface area contributed by atoms with E-state index in [9.17, 15) is 4.79 Å². The number of nitrogens with zero attached hydrogens (tertiary/aromatic N) is 2. The highest BCUT2D eigenvalue weighted by molar-refractivity contribution is 5.80. The molecular formula is C24H34N2O. The zero-order valence-corrected chi connectivity index (χ0v) is 16.9. The van der Waals surface area contributed by atoms with Gasteiger partial charge in [-0.05, 0) is 49.2 Å². The Labute approximate surface area is 164 Å². The highest BCUT2D eigenvalue weighted by Gasteiger charge is 2.35. The smallest absolute Gasteiger partial charge is 0.146 e.